The monoisotopic (exact) mass is 334 g/mol. The van der Waals surface area contributed by atoms with Crippen LogP contribution >= 0.6 is 0 Å². The van der Waals surface area contributed by atoms with Gasteiger partial charge >= 0.3 is 0 Å². The predicted octanol–water partition coefficient (Wildman–Crippen LogP) is 3.91. The molecule has 0 aliphatic heterocycles. The number of aromatic nitrogens is 3. The van der Waals surface area contributed by atoms with E-state index in [0.717, 1.165) is 24.5 Å². The van der Waals surface area contributed by atoms with Crippen molar-refractivity contribution in [2.45, 2.75) is 33.4 Å². The lowest BCUT2D eigenvalue weighted by Crippen LogP contribution is -2.30. The van der Waals surface area contributed by atoms with Crippen LogP contribution in [0.5, 0.6) is 0 Å². The van der Waals surface area contributed by atoms with Crippen LogP contribution < -0.4 is 5.32 Å². The average molecular weight is 334 g/mol. The summed E-state index contributed by atoms with van der Waals surface area (Å²) in [5, 5.41) is 8.27. The third kappa shape index (κ3) is 4.54. The third-order valence-corrected chi connectivity index (χ3v) is 4.37. The maximum absolute atomic E-state index is 4.57. The SMILES string of the molecule is Cc1cc(C)n(C[C@H](C)CN[C@H](c2ccccc2)c2ccccn2)n1. The lowest BCUT2D eigenvalue weighted by Gasteiger charge is -2.22. The summed E-state index contributed by atoms with van der Waals surface area (Å²) in [6.07, 6.45) is 1.85. The first-order valence-electron chi connectivity index (χ1n) is 8.84. The Kier molecular flexibility index (Phi) is 5.61. The van der Waals surface area contributed by atoms with E-state index in [0.29, 0.717) is 5.92 Å². The van der Waals surface area contributed by atoms with Gasteiger partial charge in [-0.25, -0.2) is 0 Å². The van der Waals surface area contributed by atoms with Gasteiger partial charge in [0.2, 0.25) is 0 Å². The Bertz CT molecular complexity index is 741. The van der Waals surface area contributed by atoms with Gasteiger partial charge in [0.15, 0.2) is 0 Å². The molecule has 0 saturated carbocycles. The highest BCUT2D eigenvalue weighted by Gasteiger charge is 2.16. The second-order valence-electron chi connectivity index (χ2n) is 6.72. The maximum atomic E-state index is 4.57. The van der Waals surface area contributed by atoms with Crippen LogP contribution in [0, 0.1) is 19.8 Å². The minimum Gasteiger partial charge on any atom is -0.305 e. The highest BCUT2D eigenvalue weighted by atomic mass is 15.3. The molecule has 1 aromatic carbocycles. The molecule has 0 saturated heterocycles. The number of hydrogen-bond donors (Lipinski definition) is 1. The van der Waals surface area contributed by atoms with E-state index in [1.807, 2.05) is 31.3 Å². The van der Waals surface area contributed by atoms with Crippen molar-refractivity contribution in [3.8, 4) is 0 Å². The molecule has 0 bridgehead atoms. The molecule has 2 heterocycles. The molecular weight excluding hydrogens is 308 g/mol. The van der Waals surface area contributed by atoms with E-state index in [9.17, 15) is 0 Å². The van der Waals surface area contributed by atoms with Crippen molar-refractivity contribution in [2.24, 2.45) is 5.92 Å². The summed E-state index contributed by atoms with van der Waals surface area (Å²) in [5.41, 5.74) is 4.58. The second-order valence-corrected chi connectivity index (χ2v) is 6.72. The summed E-state index contributed by atoms with van der Waals surface area (Å²) in [7, 11) is 0. The smallest absolute Gasteiger partial charge is 0.0751 e. The first-order chi connectivity index (χ1) is 12.1. The summed E-state index contributed by atoms with van der Waals surface area (Å²) in [6, 6.07) is 18.8. The van der Waals surface area contributed by atoms with Crippen LogP contribution in [-0.4, -0.2) is 21.3 Å². The van der Waals surface area contributed by atoms with Gasteiger partial charge in [-0.2, -0.15) is 5.10 Å². The Balaban J connectivity index is 1.69. The van der Waals surface area contributed by atoms with Gasteiger partial charge < -0.3 is 5.32 Å². The fourth-order valence-electron chi connectivity index (χ4n) is 3.12. The van der Waals surface area contributed by atoms with E-state index in [2.05, 4.69) is 70.3 Å². The fourth-order valence-corrected chi connectivity index (χ4v) is 3.12. The molecule has 3 rings (SSSR count). The van der Waals surface area contributed by atoms with Crippen molar-refractivity contribution < 1.29 is 0 Å². The highest BCUT2D eigenvalue weighted by Crippen LogP contribution is 2.20. The Morgan fingerprint density at radius 1 is 1.04 bits per heavy atom. The molecule has 130 valence electrons. The van der Waals surface area contributed by atoms with E-state index in [4.69, 9.17) is 0 Å². The molecular formula is C21H26N4. The quantitative estimate of drug-likeness (QED) is 0.712. The van der Waals surface area contributed by atoms with Gasteiger partial charge in [-0.05, 0) is 43.5 Å². The lowest BCUT2D eigenvalue weighted by atomic mass is 10.0. The van der Waals surface area contributed by atoms with Gasteiger partial charge in [0, 0.05) is 25.0 Å². The summed E-state index contributed by atoms with van der Waals surface area (Å²) >= 11 is 0. The van der Waals surface area contributed by atoms with Gasteiger partial charge in [-0.15, -0.1) is 0 Å². The van der Waals surface area contributed by atoms with Gasteiger partial charge in [0.25, 0.3) is 0 Å². The van der Waals surface area contributed by atoms with Crippen LogP contribution in [-0.2, 0) is 6.54 Å². The number of hydrogen-bond acceptors (Lipinski definition) is 3. The molecule has 0 aliphatic carbocycles. The molecule has 1 N–H and O–H groups in total. The number of rotatable bonds is 7. The number of aryl methyl sites for hydroxylation is 2. The molecule has 4 heteroatoms. The van der Waals surface area contributed by atoms with Crippen LogP contribution in [0.2, 0.25) is 0 Å². The van der Waals surface area contributed by atoms with Crippen LogP contribution in [0.25, 0.3) is 0 Å². The Hall–Kier alpha value is -2.46. The molecule has 0 radical (unpaired) electrons. The van der Waals surface area contributed by atoms with E-state index in [1.54, 1.807) is 0 Å². The van der Waals surface area contributed by atoms with Gasteiger partial charge in [-0.3, -0.25) is 9.67 Å². The number of nitrogens with zero attached hydrogens (tertiary/aromatic N) is 3. The van der Waals surface area contributed by atoms with Crippen molar-refractivity contribution in [1.82, 2.24) is 20.1 Å². The van der Waals surface area contributed by atoms with Gasteiger partial charge in [0.1, 0.15) is 0 Å². The molecule has 25 heavy (non-hydrogen) atoms. The third-order valence-electron chi connectivity index (χ3n) is 4.37. The molecule has 4 nitrogen and oxygen atoms in total. The van der Waals surface area contributed by atoms with Crippen molar-refractivity contribution >= 4 is 0 Å². The van der Waals surface area contributed by atoms with E-state index in [-0.39, 0.29) is 6.04 Å². The molecule has 0 spiro atoms. The Morgan fingerprint density at radius 3 is 2.44 bits per heavy atom. The second kappa shape index (κ2) is 8.08. The van der Waals surface area contributed by atoms with Crippen molar-refractivity contribution in [3.05, 3.63) is 83.4 Å². The van der Waals surface area contributed by atoms with E-state index >= 15 is 0 Å². The zero-order valence-corrected chi connectivity index (χ0v) is 15.2. The maximum Gasteiger partial charge on any atom is 0.0751 e. The van der Waals surface area contributed by atoms with E-state index < -0.39 is 0 Å². The predicted molar refractivity (Wildman–Crippen MR) is 101 cm³/mol. The Labute approximate surface area is 149 Å². The molecule has 2 aromatic heterocycles. The topological polar surface area (TPSA) is 42.7 Å². The zero-order chi connectivity index (χ0) is 17.6. The number of nitrogens with one attached hydrogen (secondary N) is 1. The summed E-state index contributed by atoms with van der Waals surface area (Å²) < 4.78 is 2.10. The molecule has 3 aromatic rings. The molecule has 0 amide bonds. The normalized spacial score (nSPS) is 13.6. The average Bonchev–Trinajstić information content (AvgIpc) is 2.94. The molecule has 0 fully saturated rings. The first-order valence-corrected chi connectivity index (χ1v) is 8.84. The summed E-state index contributed by atoms with van der Waals surface area (Å²) in [4.78, 5) is 4.55. The standard InChI is InChI=1S/C21H26N4/c1-16(15-25-18(3)13-17(2)24-25)14-23-21(19-9-5-4-6-10-19)20-11-7-8-12-22-20/h4-13,16,21,23H,14-15H2,1-3H3/t16-,21-/m1/s1. The number of benzene rings is 1. The lowest BCUT2D eigenvalue weighted by molar-refractivity contribution is 0.402. The van der Waals surface area contributed by atoms with Crippen molar-refractivity contribution in [3.63, 3.8) is 0 Å². The zero-order valence-electron chi connectivity index (χ0n) is 15.2. The van der Waals surface area contributed by atoms with E-state index in [1.165, 1.54) is 11.3 Å². The molecule has 2 atom stereocenters. The van der Waals surface area contributed by atoms with Crippen LogP contribution in [0.1, 0.15) is 35.6 Å². The fraction of sp³-hybridized carbons (Fsp3) is 0.333. The highest BCUT2D eigenvalue weighted by molar-refractivity contribution is 5.27. The van der Waals surface area contributed by atoms with Crippen LogP contribution in [0.4, 0.5) is 0 Å². The minimum absolute atomic E-state index is 0.102. The number of pyridine rings is 1. The minimum atomic E-state index is 0.102. The van der Waals surface area contributed by atoms with Crippen molar-refractivity contribution in [1.29, 1.82) is 0 Å². The van der Waals surface area contributed by atoms with Crippen LogP contribution in [0.3, 0.4) is 0 Å². The van der Waals surface area contributed by atoms with Crippen LogP contribution in [0.15, 0.2) is 60.8 Å². The van der Waals surface area contributed by atoms with Gasteiger partial charge in [0.05, 0.1) is 17.4 Å². The Morgan fingerprint density at radius 2 is 1.80 bits per heavy atom. The summed E-state index contributed by atoms with van der Waals surface area (Å²) in [5.74, 6) is 0.466. The molecule has 0 unspecified atom stereocenters. The van der Waals surface area contributed by atoms with Gasteiger partial charge in [-0.1, -0.05) is 43.3 Å². The first kappa shape index (κ1) is 17.4. The molecule has 0 aliphatic rings. The van der Waals surface area contributed by atoms with Crippen molar-refractivity contribution in [2.75, 3.05) is 6.54 Å². The largest absolute Gasteiger partial charge is 0.305 e. The summed E-state index contributed by atoms with van der Waals surface area (Å²) in [6.45, 7) is 8.22.